The summed E-state index contributed by atoms with van der Waals surface area (Å²) in [5.74, 6) is -1.12. The van der Waals surface area contributed by atoms with Crippen LogP contribution in [0.4, 0.5) is 0 Å². The van der Waals surface area contributed by atoms with E-state index < -0.39 is 11.9 Å². The SMILES string of the molecule is CCCCOC(=O)/C(=C(\C)C(N)=O)c1ccccc1. The summed E-state index contributed by atoms with van der Waals surface area (Å²) < 4.78 is 5.17. The molecule has 0 saturated carbocycles. The number of unbranched alkanes of at least 4 members (excludes halogenated alkanes) is 1. The molecule has 0 fully saturated rings. The van der Waals surface area contributed by atoms with Gasteiger partial charge >= 0.3 is 5.97 Å². The van der Waals surface area contributed by atoms with Gasteiger partial charge in [-0.05, 0) is 18.9 Å². The van der Waals surface area contributed by atoms with E-state index in [-0.39, 0.29) is 11.1 Å². The maximum absolute atomic E-state index is 12.1. The van der Waals surface area contributed by atoms with Crippen molar-refractivity contribution in [2.75, 3.05) is 6.61 Å². The summed E-state index contributed by atoms with van der Waals surface area (Å²) >= 11 is 0. The molecule has 0 heterocycles. The van der Waals surface area contributed by atoms with Gasteiger partial charge in [-0.3, -0.25) is 4.79 Å². The molecule has 0 atom stereocenters. The van der Waals surface area contributed by atoms with Gasteiger partial charge in [-0.25, -0.2) is 4.79 Å². The molecule has 1 rings (SSSR count). The van der Waals surface area contributed by atoms with Crippen LogP contribution < -0.4 is 5.73 Å². The van der Waals surface area contributed by atoms with E-state index in [1.165, 1.54) is 6.92 Å². The number of benzene rings is 1. The van der Waals surface area contributed by atoms with Gasteiger partial charge < -0.3 is 10.5 Å². The Morgan fingerprint density at radius 3 is 2.37 bits per heavy atom. The molecule has 0 saturated heterocycles. The quantitative estimate of drug-likeness (QED) is 0.485. The largest absolute Gasteiger partial charge is 0.462 e. The zero-order chi connectivity index (χ0) is 14.3. The lowest BCUT2D eigenvalue weighted by atomic mass is 10.0. The fourth-order valence-electron chi connectivity index (χ4n) is 1.60. The van der Waals surface area contributed by atoms with Crippen molar-refractivity contribution in [1.29, 1.82) is 0 Å². The van der Waals surface area contributed by atoms with E-state index in [9.17, 15) is 9.59 Å². The van der Waals surface area contributed by atoms with Crippen LogP contribution in [0.1, 0.15) is 32.3 Å². The van der Waals surface area contributed by atoms with Crippen molar-refractivity contribution >= 4 is 17.4 Å². The van der Waals surface area contributed by atoms with Crippen molar-refractivity contribution in [2.45, 2.75) is 26.7 Å². The van der Waals surface area contributed by atoms with Crippen LogP contribution in [0.25, 0.3) is 5.57 Å². The first-order valence-electron chi connectivity index (χ1n) is 6.31. The van der Waals surface area contributed by atoms with Crippen molar-refractivity contribution in [3.8, 4) is 0 Å². The van der Waals surface area contributed by atoms with Gasteiger partial charge in [-0.1, -0.05) is 43.7 Å². The van der Waals surface area contributed by atoms with Crippen LogP contribution in [0.5, 0.6) is 0 Å². The molecule has 1 aromatic rings. The molecule has 1 amide bonds. The van der Waals surface area contributed by atoms with Crippen LogP contribution in [-0.4, -0.2) is 18.5 Å². The lowest BCUT2D eigenvalue weighted by Gasteiger charge is -2.10. The molecule has 0 spiro atoms. The van der Waals surface area contributed by atoms with Gasteiger partial charge in [0, 0.05) is 5.57 Å². The highest BCUT2D eigenvalue weighted by molar-refractivity contribution is 6.23. The topological polar surface area (TPSA) is 69.4 Å². The molecule has 4 heteroatoms. The molecule has 19 heavy (non-hydrogen) atoms. The van der Waals surface area contributed by atoms with E-state index in [4.69, 9.17) is 10.5 Å². The second-order valence-corrected chi connectivity index (χ2v) is 4.22. The Labute approximate surface area is 113 Å². The average Bonchev–Trinajstić information content (AvgIpc) is 2.40. The summed E-state index contributed by atoms with van der Waals surface area (Å²) in [6, 6.07) is 8.93. The van der Waals surface area contributed by atoms with Crippen molar-refractivity contribution in [3.63, 3.8) is 0 Å². The Balaban J connectivity index is 3.05. The third-order valence-electron chi connectivity index (χ3n) is 2.74. The lowest BCUT2D eigenvalue weighted by molar-refractivity contribution is -0.137. The fraction of sp³-hybridized carbons (Fsp3) is 0.333. The van der Waals surface area contributed by atoms with Crippen LogP contribution in [0, 0.1) is 0 Å². The molecule has 0 aliphatic heterocycles. The van der Waals surface area contributed by atoms with Gasteiger partial charge in [0.1, 0.15) is 0 Å². The first-order chi connectivity index (χ1) is 9.07. The molecule has 2 N–H and O–H groups in total. The third-order valence-corrected chi connectivity index (χ3v) is 2.74. The van der Waals surface area contributed by atoms with Crippen LogP contribution in [0.3, 0.4) is 0 Å². The number of amides is 1. The van der Waals surface area contributed by atoms with E-state index in [0.717, 1.165) is 12.8 Å². The van der Waals surface area contributed by atoms with Gasteiger partial charge in [0.2, 0.25) is 5.91 Å². The molecule has 0 radical (unpaired) electrons. The first kappa shape index (κ1) is 15.0. The van der Waals surface area contributed by atoms with Crippen molar-refractivity contribution in [3.05, 3.63) is 41.5 Å². The molecule has 0 unspecified atom stereocenters. The molecule has 0 aromatic heterocycles. The Morgan fingerprint density at radius 1 is 1.21 bits per heavy atom. The Kier molecular flexibility index (Phi) is 5.79. The smallest absolute Gasteiger partial charge is 0.339 e. The molecular formula is C15H19NO3. The third kappa shape index (κ3) is 4.25. The highest BCUT2D eigenvalue weighted by Crippen LogP contribution is 2.20. The fourth-order valence-corrected chi connectivity index (χ4v) is 1.60. The van der Waals surface area contributed by atoms with Crippen LogP contribution >= 0.6 is 0 Å². The maximum Gasteiger partial charge on any atom is 0.339 e. The highest BCUT2D eigenvalue weighted by Gasteiger charge is 2.19. The molecule has 0 bridgehead atoms. The number of primary amides is 1. The number of hydrogen-bond donors (Lipinski definition) is 1. The minimum Gasteiger partial charge on any atom is -0.462 e. The van der Waals surface area contributed by atoms with Crippen molar-refractivity contribution in [2.24, 2.45) is 5.73 Å². The van der Waals surface area contributed by atoms with Gasteiger partial charge in [-0.2, -0.15) is 0 Å². The number of esters is 1. The van der Waals surface area contributed by atoms with Gasteiger partial charge in [0.05, 0.1) is 12.2 Å². The summed E-state index contributed by atoms with van der Waals surface area (Å²) in [5, 5.41) is 0. The summed E-state index contributed by atoms with van der Waals surface area (Å²) in [6.45, 7) is 3.89. The van der Waals surface area contributed by atoms with E-state index in [1.807, 2.05) is 13.0 Å². The minimum atomic E-state index is -0.619. The summed E-state index contributed by atoms with van der Waals surface area (Å²) in [4.78, 5) is 23.4. The molecule has 0 aliphatic rings. The van der Waals surface area contributed by atoms with Gasteiger partial charge in [0.25, 0.3) is 0 Å². The van der Waals surface area contributed by atoms with Crippen LogP contribution in [-0.2, 0) is 14.3 Å². The van der Waals surface area contributed by atoms with E-state index >= 15 is 0 Å². The number of nitrogens with two attached hydrogens (primary N) is 1. The lowest BCUT2D eigenvalue weighted by Crippen LogP contribution is -2.18. The maximum atomic E-state index is 12.1. The zero-order valence-corrected chi connectivity index (χ0v) is 11.3. The normalized spacial score (nSPS) is 11.7. The predicted octanol–water partition coefficient (Wildman–Crippen LogP) is 2.29. The number of carbonyl (C=O) groups excluding carboxylic acids is 2. The zero-order valence-electron chi connectivity index (χ0n) is 11.3. The van der Waals surface area contributed by atoms with E-state index in [1.54, 1.807) is 24.3 Å². The van der Waals surface area contributed by atoms with E-state index in [0.29, 0.717) is 12.2 Å². The van der Waals surface area contributed by atoms with Gasteiger partial charge in [-0.15, -0.1) is 0 Å². The number of ether oxygens (including phenoxy) is 1. The second-order valence-electron chi connectivity index (χ2n) is 4.22. The van der Waals surface area contributed by atoms with Crippen molar-refractivity contribution in [1.82, 2.24) is 0 Å². The minimum absolute atomic E-state index is 0.215. The predicted molar refractivity (Wildman–Crippen MR) is 74.1 cm³/mol. The number of rotatable bonds is 6. The monoisotopic (exact) mass is 261 g/mol. The Morgan fingerprint density at radius 2 is 1.84 bits per heavy atom. The molecule has 4 nitrogen and oxygen atoms in total. The second kappa shape index (κ2) is 7.36. The Bertz CT molecular complexity index is 477. The molecule has 0 aliphatic carbocycles. The molecule has 102 valence electrons. The molecule has 1 aromatic carbocycles. The summed E-state index contributed by atoms with van der Waals surface area (Å²) in [6.07, 6.45) is 1.73. The number of carbonyl (C=O) groups is 2. The van der Waals surface area contributed by atoms with Crippen molar-refractivity contribution < 1.29 is 14.3 Å². The first-order valence-corrected chi connectivity index (χ1v) is 6.31. The average molecular weight is 261 g/mol. The summed E-state index contributed by atoms with van der Waals surface area (Å²) in [5.41, 5.74) is 6.36. The summed E-state index contributed by atoms with van der Waals surface area (Å²) in [7, 11) is 0. The number of hydrogen-bond acceptors (Lipinski definition) is 3. The van der Waals surface area contributed by atoms with Crippen LogP contribution in [0.2, 0.25) is 0 Å². The standard InChI is InChI=1S/C15H19NO3/c1-3-4-10-19-15(18)13(11(2)14(16)17)12-8-6-5-7-9-12/h5-9H,3-4,10H2,1-2H3,(H2,16,17)/b13-11+. The van der Waals surface area contributed by atoms with Crippen LogP contribution in [0.15, 0.2) is 35.9 Å². The van der Waals surface area contributed by atoms with Gasteiger partial charge in [0.15, 0.2) is 0 Å². The Hall–Kier alpha value is -2.10. The highest BCUT2D eigenvalue weighted by atomic mass is 16.5. The molecular weight excluding hydrogens is 242 g/mol. The van der Waals surface area contributed by atoms with E-state index in [2.05, 4.69) is 0 Å².